The number of nitrogens with zero attached hydrogens (tertiary/aromatic N) is 1. The Morgan fingerprint density at radius 2 is 2.06 bits per heavy atom. The van der Waals surface area contributed by atoms with E-state index in [-0.39, 0.29) is 31.1 Å². The number of carbonyl (C=O) groups excluding carboxylic acids is 2. The van der Waals surface area contributed by atoms with Crippen LogP contribution >= 0.6 is 12.4 Å². The van der Waals surface area contributed by atoms with Crippen molar-refractivity contribution < 1.29 is 14.3 Å². The number of esters is 1. The van der Waals surface area contributed by atoms with Gasteiger partial charge in [0.05, 0.1) is 6.61 Å². The Labute approximate surface area is 108 Å². The molecule has 5 nitrogen and oxygen atoms in total. The zero-order valence-corrected chi connectivity index (χ0v) is 11.2. The summed E-state index contributed by atoms with van der Waals surface area (Å²) in [5, 5.41) is 0. The second-order valence-corrected chi connectivity index (χ2v) is 4.10. The SMILES string of the molecule is CCOC(=O)C(=O)N(C(C)CN)C1CCC1.Cl. The molecule has 1 atom stereocenters. The fourth-order valence-corrected chi connectivity index (χ4v) is 1.80. The molecule has 0 aromatic heterocycles. The smallest absolute Gasteiger partial charge is 0.397 e. The van der Waals surface area contributed by atoms with E-state index in [4.69, 9.17) is 10.5 Å². The molecule has 1 fully saturated rings. The number of rotatable bonds is 4. The average molecular weight is 265 g/mol. The number of amides is 1. The minimum absolute atomic E-state index is 0. The number of hydrogen-bond acceptors (Lipinski definition) is 4. The summed E-state index contributed by atoms with van der Waals surface area (Å²) >= 11 is 0. The van der Waals surface area contributed by atoms with E-state index in [1.54, 1.807) is 11.8 Å². The van der Waals surface area contributed by atoms with Crippen molar-refractivity contribution in [2.24, 2.45) is 5.73 Å². The predicted octanol–water partition coefficient (Wildman–Crippen LogP) is 0.700. The van der Waals surface area contributed by atoms with E-state index >= 15 is 0 Å². The van der Waals surface area contributed by atoms with E-state index in [0.717, 1.165) is 19.3 Å². The van der Waals surface area contributed by atoms with E-state index in [9.17, 15) is 9.59 Å². The quantitative estimate of drug-likeness (QED) is 0.599. The third kappa shape index (κ3) is 3.85. The highest BCUT2D eigenvalue weighted by molar-refractivity contribution is 6.32. The Balaban J connectivity index is 0.00000256. The van der Waals surface area contributed by atoms with Crippen LogP contribution in [0, 0.1) is 0 Å². The largest absolute Gasteiger partial charge is 0.459 e. The zero-order valence-electron chi connectivity index (χ0n) is 10.3. The van der Waals surface area contributed by atoms with Gasteiger partial charge in [0, 0.05) is 18.6 Å². The van der Waals surface area contributed by atoms with Crippen LogP contribution in [0.1, 0.15) is 33.1 Å². The molecule has 0 aliphatic heterocycles. The molecule has 100 valence electrons. The first-order valence-corrected chi connectivity index (χ1v) is 5.81. The number of hydrogen-bond donors (Lipinski definition) is 1. The van der Waals surface area contributed by atoms with Crippen molar-refractivity contribution in [2.45, 2.75) is 45.2 Å². The van der Waals surface area contributed by atoms with E-state index in [0.29, 0.717) is 6.54 Å². The molecule has 1 saturated carbocycles. The number of carbonyl (C=O) groups is 2. The van der Waals surface area contributed by atoms with Gasteiger partial charge in [-0.1, -0.05) is 0 Å². The fourth-order valence-electron chi connectivity index (χ4n) is 1.80. The highest BCUT2D eigenvalue weighted by Crippen LogP contribution is 2.26. The molecule has 1 aliphatic carbocycles. The van der Waals surface area contributed by atoms with Crippen LogP contribution in [0.5, 0.6) is 0 Å². The van der Waals surface area contributed by atoms with Crippen LogP contribution in [-0.4, -0.2) is 42.0 Å². The van der Waals surface area contributed by atoms with Gasteiger partial charge in [0.1, 0.15) is 0 Å². The van der Waals surface area contributed by atoms with Crippen molar-refractivity contribution >= 4 is 24.3 Å². The lowest BCUT2D eigenvalue weighted by atomic mass is 9.90. The summed E-state index contributed by atoms with van der Waals surface area (Å²) in [6, 6.07) is 0.0534. The number of ether oxygens (including phenoxy) is 1. The first-order valence-electron chi connectivity index (χ1n) is 5.81. The second kappa shape index (κ2) is 7.50. The van der Waals surface area contributed by atoms with E-state index in [1.807, 2.05) is 6.92 Å². The first-order chi connectivity index (χ1) is 7.61. The van der Waals surface area contributed by atoms with Crippen LogP contribution in [0.15, 0.2) is 0 Å². The molecule has 6 heteroatoms. The highest BCUT2D eigenvalue weighted by atomic mass is 35.5. The first kappa shape index (κ1) is 16.2. The molecule has 1 amide bonds. The van der Waals surface area contributed by atoms with E-state index < -0.39 is 11.9 Å². The Bertz CT molecular complexity index is 265. The van der Waals surface area contributed by atoms with Gasteiger partial charge in [0.15, 0.2) is 0 Å². The molecule has 0 saturated heterocycles. The van der Waals surface area contributed by atoms with Crippen molar-refractivity contribution in [2.75, 3.05) is 13.2 Å². The number of halogens is 1. The standard InChI is InChI=1S/C11H20N2O3.ClH/c1-3-16-11(15)10(14)13(8(2)7-12)9-5-4-6-9;/h8-9H,3-7,12H2,1-2H3;1H. The van der Waals surface area contributed by atoms with Crippen molar-refractivity contribution in [3.05, 3.63) is 0 Å². The van der Waals surface area contributed by atoms with Crippen LogP contribution in [0.2, 0.25) is 0 Å². The molecule has 0 spiro atoms. The summed E-state index contributed by atoms with van der Waals surface area (Å²) in [7, 11) is 0. The van der Waals surface area contributed by atoms with Crippen molar-refractivity contribution in [1.82, 2.24) is 4.90 Å². The van der Waals surface area contributed by atoms with Gasteiger partial charge in [-0.15, -0.1) is 12.4 Å². The molecule has 0 heterocycles. The summed E-state index contributed by atoms with van der Waals surface area (Å²) in [6.07, 6.45) is 3.01. The Kier molecular flexibility index (Phi) is 7.15. The summed E-state index contributed by atoms with van der Waals surface area (Å²) < 4.78 is 4.73. The highest BCUT2D eigenvalue weighted by Gasteiger charge is 2.35. The second-order valence-electron chi connectivity index (χ2n) is 4.10. The molecule has 1 unspecified atom stereocenters. The Morgan fingerprint density at radius 3 is 2.41 bits per heavy atom. The minimum atomic E-state index is -0.769. The molecule has 0 aromatic rings. The van der Waals surface area contributed by atoms with Gasteiger partial charge < -0.3 is 15.4 Å². The molecule has 1 aliphatic rings. The number of nitrogens with two attached hydrogens (primary N) is 1. The van der Waals surface area contributed by atoms with Gasteiger partial charge in [-0.05, 0) is 33.1 Å². The molecule has 1 rings (SSSR count). The van der Waals surface area contributed by atoms with Gasteiger partial charge in [-0.2, -0.15) is 0 Å². The van der Waals surface area contributed by atoms with Crippen LogP contribution in [0.3, 0.4) is 0 Å². The van der Waals surface area contributed by atoms with Crippen LogP contribution in [0.4, 0.5) is 0 Å². The maximum atomic E-state index is 11.9. The van der Waals surface area contributed by atoms with Crippen LogP contribution in [0.25, 0.3) is 0 Å². The van der Waals surface area contributed by atoms with Crippen molar-refractivity contribution in [1.29, 1.82) is 0 Å². The molecule has 0 bridgehead atoms. The lowest BCUT2D eigenvalue weighted by molar-refractivity contribution is -0.163. The van der Waals surface area contributed by atoms with Crippen LogP contribution < -0.4 is 5.73 Å². The van der Waals surface area contributed by atoms with E-state index in [2.05, 4.69) is 0 Å². The maximum Gasteiger partial charge on any atom is 0.397 e. The average Bonchev–Trinajstić information content (AvgIpc) is 2.21. The maximum absolute atomic E-state index is 11.9. The third-order valence-electron chi connectivity index (χ3n) is 2.97. The van der Waals surface area contributed by atoms with Gasteiger partial charge in [-0.3, -0.25) is 4.79 Å². The van der Waals surface area contributed by atoms with Gasteiger partial charge in [0.25, 0.3) is 0 Å². The molecular weight excluding hydrogens is 244 g/mol. The molecule has 0 radical (unpaired) electrons. The molecule has 17 heavy (non-hydrogen) atoms. The van der Waals surface area contributed by atoms with Crippen LogP contribution in [-0.2, 0) is 14.3 Å². The van der Waals surface area contributed by atoms with Gasteiger partial charge in [-0.25, -0.2) is 4.79 Å². The minimum Gasteiger partial charge on any atom is -0.459 e. The fraction of sp³-hybridized carbons (Fsp3) is 0.818. The van der Waals surface area contributed by atoms with Gasteiger partial charge in [0.2, 0.25) is 0 Å². The summed E-state index contributed by atoms with van der Waals surface area (Å²) in [5.41, 5.74) is 5.56. The van der Waals surface area contributed by atoms with E-state index in [1.165, 1.54) is 0 Å². The third-order valence-corrected chi connectivity index (χ3v) is 2.97. The summed E-state index contributed by atoms with van der Waals surface area (Å²) in [5.74, 6) is -1.32. The summed E-state index contributed by atoms with van der Waals surface area (Å²) in [4.78, 5) is 24.8. The normalized spacial score (nSPS) is 16.4. The lowest BCUT2D eigenvalue weighted by Crippen LogP contribution is -2.54. The molecule has 2 N–H and O–H groups in total. The Morgan fingerprint density at radius 1 is 1.47 bits per heavy atom. The topological polar surface area (TPSA) is 72.6 Å². The predicted molar refractivity (Wildman–Crippen MR) is 66.9 cm³/mol. The van der Waals surface area contributed by atoms with Crippen molar-refractivity contribution in [3.8, 4) is 0 Å². The van der Waals surface area contributed by atoms with Gasteiger partial charge >= 0.3 is 11.9 Å². The lowest BCUT2D eigenvalue weighted by Gasteiger charge is -2.40. The molecular formula is C11H21ClN2O3. The molecule has 0 aromatic carbocycles. The van der Waals surface area contributed by atoms with Crippen molar-refractivity contribution in [3.63, 3.8) is 0 Å². The zero-order chi connectivity index (χ0) is 12.1. The Hall–Kier alpha value is -0.810. The monoisotopic (exact) mass is 264 g/mol. The summed E-state index contributed by atoms with van der Waals surface area (Å²) in [6.45, 7) is 4.13.